The summed E-state index contributed by atoms with van der Waals surface area (Å²) in [5.74, 6) is 0.928. The smallest absolute Gasteiger partial charge is 0.222 e. The Hall–Kier alpha value is -2.47. The van der Waals surface area contributed by atoms with Gasteiger partial charge in [0.1, 0.15) is 5.82 Å². The summed E-state index contributed by atoms with van der Waals surface area (Å²) in [6.07, 6.45) is 4.44. The molecule has 0 unspecified atom stereocenters. The number of anilines is 2. The standard InChI is InChI=1S/C17H21N5O/c1-17(2,23)6-8-20-15-13-4-3-11(12-5-7-19-10-12)9-14(13)21-16(18)22-15/h3-5,7,9,23H,6,8,10H2,1-2H3,(H3,18,20,21,22). The van der Waals surface area contributed by atoms with E-state index < -0.39 is 5.60 Å². The lowest BCUT2D eigenvalue weighted by atomic mass is 10.0. The van der Waals surface area contributed by atoms with Gasteiger partial charge in [-0.05, 0) is 49.6 Å². The lowest BCUT2D eigenvalue weighted by Gasteiger charge is -2.18. The molecule has 0 fully saturated rings. The summed E-state index contributed by atoms with van der Waals surface area (Å²) in [6.45, 7) is 4.87. The molecule has 0 saturated carbocycles. The Kier molecular flexibility index (Phi) is 4.00. The van der Waals surface area contributed by atoms with Gasteiger partial charge in [-0.15, -0.1) is 0 Å². The molecule has 1 aliphatic rings. The second-order valence-corrected chi connectivity index (χ2v) is 6.33. The fraction of sp³-hybridized carbons (Fsp3) is 0.353. The molecule has 0 aliphatic carbocycles. The van der Waals surface area contributed by atoms with Gasteiger partial charge in [0, 0.05) is 18.1 Å². The SMILES string of the molecule is CC(C)(O)CCNc1nc(N)nc2cc(C3=CC=NC3)ccc12. The van der Waals surface area contributed by atoms with Crippen molar-refractivity contribution in [3.63, 3.8) is 0 Å². The highest BCUT2D eigenvalue weighted by Crippen LogP contribution is 2.26. The summed E-state index contributed by atoms with van der Waals surface area (Å²) in [7, 11) is 0. The molecule has 1 aromatic heterocycles. The van der Waals surface area contributed by atoms with E-state index >= 15 is 0 Å². The summed E-state index contributed by atoms with van der Waals surface area (Å²) in [4.78, 5) is 12.8. The summed E-state index contributed by atoms with van der Waals surface area (Å²) >= 11 is 0. The lowest BCUT2D eigenvalue weighted by molar-refractivity contribution is 0.0748. The summed E-state index contributed by atoms with van der Waals surface area (Å²) in [5, 5.41) is 14.0. The minimum absolute atomic E-state index is 0.233. The molecule has 120 valence electrons. The highest BCUT2D eigenvalue weighted by Gasteiger charge is 2.13. The number of rotatable bonds is 5. The molecular weight excluding hydrogens is 290 g/mol. The molecule has 0 saturated heterocycles. The van der Waals surface area contributed by atoms with Crippen LogP contribution in [0.25, 0.3) is 16.5 Å². The number of aromatic nitrogens is 2. The average molecular weight is 311 g/mol. The average Bonchev–Trinajstić information content (AvgIpc) is 2.99. The van der Waals surface area contributed by atoms with E-state index in [2.05, 4.69) is 20.3 Å². The van der Waals surface area contributed by atoms with Crippen LogP contribution in [0.5, 0.6) is 0 Å². The Bertz CT molecular complexity index is 789. The third kappa shape index (κ3) is 3.65. The van der Waals surface area contributed by atoms with Crippen molar-refractivity contribution in [2.45, 2.75) is 25.9 Å². The van der Waals surface area contributed by atoms with Crippen LogP contribution < -0.4 is 11.1 Å². The first kappa shape index (κ1) is 15.4. The molecule has 4 N–H and O–H groups in total. The van der Waals surface area contributed by atoms with Crippen LogP contribution in [0, 0.1) is 0 Å². The monoisotopic (exact) mass is 311 g/mol. The molecular formula is C17H21N5O. The predicted molar refractivity (Wildman–Crippen MR) is 94.7 cm³/mol. The van der Waals surface area contributed by atoms with E-state index in [1.165, 1.54) is 5.57 Å². The van der Waals surface area contributed by atoms with Crippen LogP contribution in [0.15, 0.2) is 29.3 Å². The minimum atomic E-state index is -0.719. The number of hydrogen-bond acceptors (Lipinski definition) is 6. The molecule has 1 aromatic carbocycles. The van der Waals surface area contributed by atoms with Gasteiger partial charge < -0.3 is 16.2 Å². The number of fused-ring (bicyclic) bond motifs is 1. The zero-order valence-corrected chi connectivity index (χ0v) is 13.4. The highest BCUT2D eigenvalue weighted by molar-refractivity contribution is 5.95. The Balaban J connectivity index is 1.89. The van der Waals surface area contributed by atoms with Crippen LogP contribution in [-0.2, 0) is 0 Å². The van der Waals surface area contributed by atoms with Gasteiger partial charge >= 0.3 is 0 Å². The zero-order chi connectivity index (χ0) is 16.4. The molecule has 6 heteroatoms. The number of nitrogens with two attached hydrogens (primary N) is 1. The maximum absolute atomic E-state index is 9.81. The van der Waals surface area contributed by atoms with E-state index in [9.17, 15) is 5.11 Å². The van der Waals surface area contributed by atoms with Gasteiger partial charge in [-0.25, -0.2) is 4.98 Å². The molecule has 0 amide bonds. The van der Waals surface area contributed by atoms with Crippen molar-refractivity contribution in [3.05, 3.63) is 29.8 Å². The molecule has 3 rings (SSSR count). The first-order valence-electron chi connectivity index (χ1n) is 7.65. The zero-order valence-electron chi connectivity index (χ0n) is 13.4. The van der Waals surface area contributed by atoms with E-state index in [0.717, 1.165) is 16.5 Å². The van der Waals surface area contributed by atoms with E-state index in [1.54, 1.807) is 13.8 Å². The normalized spacial score (nSPS) is 14.3. The van der Waals surface area contributed by atoms with E-state index in [1.807, 2.05) is 30.5 Å². The number of benzene rings is 1. The quantitative estimate of drug-likeness (QED) is 0.787. The lowest BCUT2D eigenvalue weighted by Crippen LogP contribution is -2.23. The second kappa shape index (κ2) is 5.96. The molecule has 1 aliphatic heterocycles. The molecule has 2 heterocycles. The first-order valence-corrected chi connectivity index (χ1v) is 7.65. The van der Waals surface area contributed by atoms with Gasteiger partial charge in [-0.2, -0.15) is 4.98 Å². The molecule has 0 bridgehead atoms. The van der Waals surface area contributed by atoms with Crippen LogP contribution in [0.3, 0.4) is 0 Å². The Morgan fingerprint density at radius 3 is 2.83 bits per heavy atom. The number of aliphatic hydroxyl groups is 1. The van der Waals surface area contributed by atoms with E-state index in [4.69, 9.17) is 5.73 Å². The van der Waals surface area contributed by atoms with Crippen molar-refractivity contribution < 1.29 is 5.11 Å². The van der Waals surface area contributed by atoms with Crippen LogP contribution in [0.4, 0.5) is 11.8 Å². The van der Waals surface area contributed by atoms with Crippen LogP contribution in [0.2, 0.25) is 0 Å². The minimum Gasteiger partial charge on any atom is -0.390 e. The molecule has 23 heavy (non-hydrogen) atoms. The fourth-order valence-corrected chi connectivity index (χ4v) is 2.50. The number of allylic oxidation sites excluding steroid dienone is 1. The maximum atomic E-state index is 9.81. The molecule has 6 nitrogen and oxygen atoms in total. The number of hydrogen-bond donors (Lipinski definition) is 3. The fourth-order valence-electron chi connectivity index (χ4n) is 2.50. The first-order chi connectivity index (χ1) is 10.9. The van der Waals surface area contributed by atoms with Crippen LogP contribution in [0.1, 0.15) is 25.8 Å². The van der Waals surface area contributed by atoms with Crippen molar-refractivity contribution in [3.8, 4) is 0 Å². The Labute approximate surface area is 135 Å². The van der Waals surface area contributed by atoms with E-state index in [0.29, 0.717) is 25.3 Å². The van der Waals surface area contributed by atoms with Gasteiger partial charge in [0.05, 0.1) is 17.7 Å². The molecule has 0 atom stereocenters. The van der Waals surface area contributed by atoms with Crippen molar-refractivity contribution >= 4 is 34.5 Å². The Morgan fingerprint density at radius 1 is 1.30 bits per heavy atom. The number of nitrogen functional groups attached to an aromatic ring is 1. The third-order valence-corrected chi connectivity index (χ3v) is 3.76. The van der Waals surface area contributed by atoms with Gasteiger partial charge in [-0.3, -0.25) is 4.99 Å². The Morgan fingerprint density at radius 2 is 2.13 bits per heavy atom. The van der Waals surface area contributed by atoms with Crippen LogP contribution in [-0.4, -0.2) is 40.0 Å². The van der Waals surface area contributed by atoms with Gasteiger partial charge in [0.25, 0.3) is 0 Å². The third-order valence-electron chi connectivity index (χ3n) is 3.76. The summed E-state index contributed by atoms with van der Waals surface area (Å²) in [5.41, 5.74) is 8.18. The highest BCUT2D eigenvalue weighted by atomic mass is 16.3. The largest absolute Gasteiger partial charge is 0.390 e. The molecule has 0 radical (unpaired) electrons. The molecule has 0 spiro atoms. The topological polar surface area (TPSA) is 96.4 Å². The summed E-state index contributed by atoms with van der Waals surface area (Å²) < 4.78 is 0. The van der Waals surface area contributed by atoms with E-state index in [-0.39, 0.29) is 5.95 Å². The second-order valence-electron chi connectivity index (χ2n) is 6.33. The van der Waals surface area contributed by atoms with Gasteiger partial charge in [-0.1, -0.05) is 6.07 Å². The number of nitrogens with zero attached hydrogens (tertiary/aromatic N) is 3. The number of nitrogens with one attached hydrogen (secondary N) is 1. The predicted octanol–water partition coefficient (Wildman–Crippen LogP) is 2.25. The van der Waals surface area contributed by atoms with Gasteiger partial charge in [0.15, 0.2) is 0 Å². The maximum Gasteiger partial charge on any atom is 0.222 e. The van der Waals surface area contributed by atoms with Crippen molar-refractivity contribution in [2.75, 3.05) is 24.1 Å². The number of aliphatic imine (C=N–C) groups is 1. The summed E-state index contributed by atoms with van der Waals surface area (Å²) in [6, 6.07) is 6.05. The van der Waals surface area contributed by atoms with Crippen molar-refractivity contribution in [1.82, 2.24) is 9.97 Å². The van der Waals surface area contributed by atoms with Crippen molar-refractivity contribution in [2.24, 2.45) is 4.99 Å². The van der Waals surface area contributed by atoms with Crippen molar-refractivity contribution in [1.29, 1.82) is 0 Å². The van der Waals surface area contributed by atoms with Crippen LogP contribution >= 0.6 is 0 Å². The van der Waals surface area contributed by atoms with Gasteiger partial charge in [0.2, 0.25) is 5.95 Å². The molecule has 2 aromatic rings.